The fourth-order valence-electron chi connectivity index (χ4n) is 8.33. The summed E-state index contributed by atoms with van der Waals surface area (Å²) in [6, 6.07) is 7.30. The fourth-order valence-corrected chi connectivity index (χ4v) is 8.93. The van der Waals surface area contributed by atoms with E-state index in [1.807, 2.05) is 61.5 Å². The summed E-state index contributed by atoms with van der Waals surface area (Å²) in [7, 11) is 0. The van der Waals surface area contributed by atoms with E-state index in [1.165, 1.54) is 29.5 Å². The van der Waals surface area contributed by atoms with E-state index in [0.717, 1.165) is 16.7 Å². The van der Waals surface area contributed by atoms with Crippen LogP contribution in [-0.2, 0) is 14.3 Å². The molecule has 1 aliphatic heterocycles. The number of aromatic hydroxyl groups is 1. The molecule has 8 heteroatoms. The second-order valence-corrected chi connectivity index (χ2v) is 17.4. The molecular weight excluding hydrogens is 661 g/mol. The summed E-state index contributed by atoms with van der Waals surface area (Å²) < 4.78 is 12.4. The molecule has 1 saturated carbocycles. The van der Waals surface area contributed by atoms with Crippen molar-refractivity contribution >= 4 is 34.7 Å². The van der Waals surface area contributed by atoms with Gasteiger partial charge in [0, 0.05) is 11.5 Å². The predicted molar refractivity (Wildman–Crippen MR) is 201 cm³/mol. The third-order valence-corrected chi connectivity index (χ3v) is 12.4. The number of carbonyl (C=O) groups is 4. The van der Waals surface area contributed by atoms with E-state index in [-0.39, 0.29) is 52.4 Å². The van der Waals surface area contributed by atoms with Crippen molar-refractivity contribution in [2.75, 3.05) is 0 Å². The maximum atomic E-state index is 15.5. The third kappa shape index (κ3) is 6.61. The van der Waals surface area contributed by atoms with Crippen molar-refractivity contribution < 1.29 is 33.8 Å². The third-order valence-electron chi connectivity index (χ3n) is 11.6. The highest BCUT2D eigenvalue weighted by Gasteiger charge is 2.74. The van der Waals surface area contributed by atoms with E-state index >= 15 is 9.59 Å². The summed E-state index contributed by atoms with van der Waals surface area (Å²) in [6.45, 7) is 20.1. The average molecular weight is 713 g/mol. The van der Waals surface area contributed by atoms with E-state index in [0.29, 0.717) is 30.6 Å². The Kier molecular flexibility index (Phi) is 10.4. The molecule has 2 fully saturated rings. The first-order valence-corrected chi connectivity index (χ1v) is 18.7. The molecule has 3 aliphatic rings. The molecule has 1 spiro atoms. The van der Waals surface area contributed by atoms with Crippen molar-refractivity contribution in [3.05, 3.63) is 92.4 Å². The van der Waals surface area contributed by atoms with Gasteiger partial charge in [0.2, 0.25) is 0 Å². The van der Waals surface area contributed by atoms with Crippen molar-refractivity contribution in [1.29, 1.82) is 0 Å². The first-order chi connectivity index (χ1) is 23.8. The summed E-state index contributed by atoms with van der Waals surface area (Å²) in [5, 5.41) is 12.4. The van der Waals surface area contributed by atoms with E-state index in [1.54, 1.807) is 17.5 Å². The number of allylic oxidation sites excluding steroid dienone is 8. The second kappa shape index (κ2) is 13.8. The fraction of sp³-hybridized carbons (Fsp3) is 0.488. The number of fused-ring (bicyclic) bond motifs is 1. The standard InChI is InChI=1S/C43H52O7S/c1-25(2)13-16-29-23-42-24-30(17-14-26(3)4)41(9,10)50-37(42)34(36(46)43(39(42)48,40(29,7)8)20-19-27(5)6)35(45)28-15-18-31(44)32(22-28)49-38(47)33-12-11-21-51-33/h11-15,18-19,21-22,29-30,44H,16-17,20,23-24H2,1-10H3/t29-,30+,42+,43+/m1/s1. The highest BCUT2D eigenvalue weighted by atomic mass is 32.1. The Morgan fingerprint density at radius 1 is 0.902 bits per heavy atom. The Morgan fingerprint density at radius 3 is 2.10 bits per heavy atom. The number of phenolic OH excluding ortho intramolecular Hbond substituents is 1. The van der Waals surface area contributed by atoms with Gasteiger partial charge in [0.15, 0.2) is 28.8 Å². The molecule has 7 nitrogen and oxygen atoms in total. The predicted octanol–water partition coefficient (Wildman–Crippen LogP) is 10.2. The Balaban J connectivity index is 1.77. The Bertz CT molecular complexity index is 1870. The lowest BCUT2D eigenvalue weighted by Gasteiger charge is -2.64. The van der Waals surface area contributed by atoms with Crippen LogP contribution in [0.4, 0.5) is 0 Å². The van der Waals surface area contributed by atoms with Gasteiger partial charge in [-0.2, -0.15) is 0 Å². The summed E-state index contributed by atoms with van der Waals surface area (Å²) in [4.78, 5) is 59.1. The Morgan fingerprint density at radius 2 is 1.51 bits per heavy atom. The summed E-state index contributed by atoms with van der Waals surface area (Å²) in [6.07, 6.45) is 8.74. The number of thiophene rings is 1. The minimum absolute atomic E-state index is 0.0459. The monoisotopic (exact) mass is 712 g/mol. The molecule has 1 aromatic carbocycles. The molecule has 272 valence electrons. The number of hydrogen-bond donors (Lipinski definition) is 1. The van der Waals surface area contributed by atoms with Gasteiger partial charge in [-0.1, -0.05) is 54.9 Å². The zero-order valence-corrected chi connectivity index (χ0v) is 32.5. The van der Waals surface area contributed by atoms with E-state index in [4.69, 9.17) is 9.47 Å². The highest BCUT2D eigenvalue weighted by Crippen LogP contribution is 2.69. The van der Waals surface area contributed by atoms with Crippen LogP contribution in [0.3, 0.4) is 0 Å². The van der Waals surface area contributed by atoms with Gasteiger partial charge < -0.3 is 14.6 Å². The molecule has 0 unspecified atom stereocenters. The highest BCUT2D eigenvalue weighted by molar-refractivity contribution is 7.12. The van der Waals surface area contributed by atoms with E-state index < -0.39 is 39.4 Å². The number of hydrogen-bond acceptors (Lipinski definition) is 8. The normalized spacial score (nSPS) is 26.0. The molecular formula is C43H52O7S. The zero-order chi connectivity index (χ0) is 37.7. The lowest BCUT2D eigenvalue weighted by Crippen LogP contribution is -2.69. The molecule has 2 heterocycles. The number of esters is 1. The van der Waals surface area contributed by atoms with Gasteiger partial charge in [-0.05, 0) is 128 Å². The number of carbonyl (C=O) groups excluding carboxylic acids is 4. The number of benzene rings is 1. The van der Waals surface area contributed by atoms with Gasteiger partial charge in [0.1, 0.15) is 27.2 Å². The average Bonchev–Trinajstić information content (AvgIpc) is 3.58. The SMILES string of the molecule is CC(C)=CC[C@H]1C[C@@]23C[C@@H](CC=C(C)C)C(C)(C)[C@@](CC=C(C)C)(C(=O)C(C(=O)c4ccc(O)c(OC(=O)c5cccs5)c4)=C2OC1(C)C)C3=O. The van der Waals surface area contributed by atoms with Crippen molar-refractivity contribution in [2.45, 2.75) is 107 Å². The number of rotatable bonds is 10. The van der Waals surface area contributed by atoms with Gasteiger partial charge in [0.05, 0.1) is 5.41 Å². The Hall–Kier alpha value is -4.04. The molecule has 1 aromatic heterocycles. The van der Waals surface area contributed by atoms with Crippen LogP contribution in [0, 0.1) is 28.1 Å². The van der Waals surface area contributed by atoms with Crippen molar-refractivity contribution in [2.24, 2.45) is 28.1 Å². The topological polar surface area (TPSA) is 107 Å². The summed E-state index contributed by atoms with van der Waals surface area (Å²) in [5.74, 6) is -2.47. The number of phenols is 1. The first kappa shape index (κ1) is 38.2. The molecule has 0 radical (unpaired) electrons. The molecule has 51 heavy (non-hydrogen) atoms. The Labute approximate surface area is 306 Å². The number of Topliss-reactive ketones (excluding diaryl/α,β-unsaturated/α-hetero) is 3. The van der Waals surface area contributed by atoms with Crippen LogP contribution in [0.2, 0.25) is 0 Å². The van der Waals surface area contributed by atoms with Crippen LogP contribution in [0.15, 0.2) is 82.0 Å². The largest absolute Gasteiger partial charge is 0.504 e. The van der Waals surface area contributed by atoms with Gasteiger partial charge in [-0.3, -0.25) is 14.4 Å². The smallest absolute Gasteiger partial charge is 0.353 e. The zero-order valence-electron chi connectivity index (χ0n) is 31.7. The minimum Gasteiger partial charge on any atom is -0.504 e. The van der Waals surface area contributed by atoms with Crippen molar-refractivity contribution in [3.8, 4) is 11.5 Å². The molecule has 2 aromatic rings. The molecule has 4 atom stereocenters. The minimum atomic E-state index is -1.53. The van der Waals surface area contributed by atoms with Crippen LogP contribution >= 0.6 is 11.3 Å². The first-order valence-electron chi connectivity index (χ1n) is 17.9. The summed E-state index contributed by atoms with van der Waals surface area (Å²) >= 11 is 1.19. The van der Waals surface area contributed by atoms with Gasteiger partial charge in [-0.25, -0.2) is 4.79 Å². The second-order valence-electron chi connectivity index (χ2n) is 16.5. The van der Waals surface area contributed by atoms with E-state index in [9.17, 15) is 14.7 Å². The van der Waals surface area contributed by atoms with Crippen LogP contribution in [0.1, 0.15) is 121 Å². The maximum absolute atomic E-state index is 15.5. The van der Waals surface area contributed by atoms with Crippen LogP contribution in [0.5, 0.6) is 11.5 Å². The lowest BCUT2D eigenvalue weighted by atomic mass is 9.39. The number of ether oxygens (including phenoxy) is 2. The van der Waals surface area contributed by atoms with Crippen molar-refractivity contribution in [3.63, 3.8) is 0 Å². The van der Waals surface area contributed by atoms with Gasteiger partial charge in [0.25, 0.3) is 0 Å². The van der Waals surface area contributed by atoms with Crippen molar-refractivity contribution in [1.82, 2.24) is 0 Å². The molecule has 5 rings (SSSR count). The molecule has 1 saturated heterocycles. The molecule has 2 bridgehead atoms. The number of ketones is 3. The van der Waals surface area contributed by atoms with Gasteiger partial charge >= 0.3 is 5.97 Å². The van der Waals surface area contributed by atoms with Crippen LogP contribution in [0.25, 0.3) is 0 Å². The quantitative estimate of drug-likeness (QED) is 0.0652. The van der Waals surface area contributed by atoms with Crippen LogP contribution < -0.4 is 4.74 Å². The lowest BCUT2D eigenvalue weighted by molar-refractivity contribution is -0.188. The molecule has 0 amide bonds. The molecule has 2 aliphatic carbocycles. The van der Waals surface area contributed by atoms with Gasteiger partial charge in [-0.15, -0.1) is 11.3 Å². The molecule has 1 N–H and O–H groups in total. The summed E-state index contributed by atoms with van der Waals surface area (Å²) in [5.41, 5.74) is -1.13. The van der Waals surface area contributed by atoms with Crippen LogP contribution in [-0.4, -0.2) is 34.0 Å². The maximum Gasteiger partial charge on any atom is 0.353 e. The van der Waals surface area contributed by atoms with E-state index in [2.05, 4.69) is 26.0 Å².